The van der Waals surface area contributed by atoms with Gasteiger partial charge in [-0.15, -0.1) is 0 Å². The normalized spacial score (nSPS) is 20.0. The Hall–Kier alpha value is -1.70. The van der Waals surface area contributed by atoms with Crippen LogP contribution in [0.5, 0.6) is 0 Å². The number of hydrogen-bond acceptors (Lipinski definition) is 2. The monoisotopic (exact) mass is 350 g/mol. The molecule has 2 rings (SSSR count). The number of carbonyl (C=O) groups is 1. The number of amides is 1. The van der Waals surface area contributed by atoms with Crippen molar-refractivity contribution in [3.63, 3.8) is 0 Å². The third-order valence-electron chi connectivity index (χ3n) is 3.96. The highest BCUT2D eigenvalue weighted by atomic mass is 19.2. The van der Waals surface area contributed by atoms with Gasteiger partial charge in [0.25, 0.3) is 5.91 Å². The smallest absolute Gasteiger partial charge is 0.257 e. The van der Waals surface area contributed by atoms with Crippen LogP contribution in [0.15, 0.2) is 0 Å². The lowest BCUT2D eigenvalue weighted by Crippen LogP contribution is -2.62. The lowest BCUT2D eigenvalue weighted by molar-refractivity contribution is 0.0862. The number of piperidine rings is 1. The van der Waals surface area contributed by atoms with Crippen LogP contribution in [0.1, 0.15) is 50.9 Å². The van der Waals surface area contributed by atoms with Crippen LogP contribution in [0.4, 0.5) is 22.0 Å². The molecule has 1 saturated heterocycles. The molecule has 1 aliphatic rings. The van der Waals surface area contributed by atoms with Gasteiger partial charge in [-0.2, -0.15) is 0 Å². The average molecular weight is 350 g/mol. The third-order valence-corrected chi connectivity index (χ3v) is 3.96. The molecule has 8 heteroatoms. The lowest BCUT2D eigenvalue weighted by Gasteiger charge is -2.46. The standard InChI is InChI=1S/C16H19F5N2O/c1-15(2)5-7(6-16(3,4)23-15)22-14(24)8-9(17)11(19)13(21)12(20)10(8)18/h7,23H,5-6H2,1-4H3,(H,22,24). The second kappa shape index (κ2) is 5.98. The van der Waals surface area contributed by atoms with Gasteiger partial charge in [0.15, 0.2) is 23.3 Å². The minimum absolute atomic E-state index is 0.365. The van der Waals surface area contributed by atoms with Gasteiger partial charge in [-0.1, -0.05) is 0 Å². The van der Waals surface area contributed by atoms with Crippen LogP contribution >= 0.6 is 0 Å². The summed E-state index contributed by atoms with van der Waals surface area (Å²) in [5.74, 6) is -12.1. The molecule has 2 N–H and O–H groups in total. The fourth-order valence-electron chi connectivity index (χ4n) is 3.49. The molecule has 1 aliphatic heterocycles. The van der Waals surface area contributed by atoms with Gasteiger partial charge in [0.1, 0.15) is 5.56 Å². The summed E-state index contributed by atoms with van der Waals surface area (Å²) in [4.78, 5) is 12.1. The number of benzene rings is 1. The molecule has 0 bridgehead atoms. The van der Waals surface area contributed by atoms with Crippen LogP contribution in [0.2, 0.25) is 0 Å². The van der Waals surface area contributed by atoms with Crippen LogP contribution in [0.25, 0.3) is 0 Å². The zero-order chi connectivity index (χ0) is 18.4. The van der Waals surface area contributed by atoms with E-state index in [1.165, 1.54) is 0 Å². The van der Waals surface area contributed by atoms with E-state index in [1.54, 1.807) is 0 Å². The van der Waals surface area contributed by atoms with Crippen LogP contribution in [0, 0.1) is 29.1 Å². The van der Waals surface area contributed by atoms with Crippen molar-refractivity contribution in [3.05, 3.63) is 34.6 Å². The Morgan fingerprint density at radius 2 is 1.25 bits per heavy atom. The van der Waals surface area contributed by atoms with Crippen molar-refractivity contribution in [2.75, 3.05) is 0 Å². The molecule has 24 heavy (non-hydrogen) atoms. The Kier molecular flexibility index (Phi) is 4.65. The maximum Gasteiger partial charge on any atom is 0.257 e. The van der Waals surface area contributed by atoms with Crippen molar-refractivity contribution >= 4 is 5.91 Å². The molecule has 1 amide bonds. The maximum atomic E-state index is 13.7. The molecule has 1 aromatic rings. The Morgan fingerprint density at radius 1 is 0.875 bits per heavy atom. The SMILES string of the molecule is CC1(C)CC(NC(=O)c2c(F)c(F)c(F)c(F)c2F)CC(C)(C)N1. The fraction of sp³-hybridized carbons (Fsp3) is 0.562. The zero-order valence-electron chi connectivity index (χ0n) is 13.8. The van der Waals surface area contributed by atoms with Crippen molar-refractivity contribution in [3.8, 4) is 0 Å². The molecule has 0 radical (unpaired) electrons. The predicted molar refractivity (Wildman–Crippen MR) is 78.0 cm³/mol. The zero-order valence-corrected chi connectivity index (χ0v) is 13.8. The molecule has 0 spiro atoms. The second-order valence-corrected chi connectivity index (χ2v) is 7.42. The molecule has 3 nitrogen and oxygen atoms in total. The van der Waals surface area contributed by atoms with Crippen molar-refractivity contribution in [2.45, 2.75) is 57.7 Å². The quantitative estimate of drug-likeness (QED) is 0.488. The summed E-state index contributed by atoms with van der Waals surface area (Å²) in [6.07, 6.45) is 0.884. The van der Waals surface area contributed by atoms with Crippen LogP contribution in [-0.4, -0.2) is 23.0 Å². The average Bonchev–Trinajstić information content (AvgIpc) is 2.39. The first-order valence-corrected chi connectivity index (χ1v) is 7.46. The first-order chi connectivity index (χ1) is 10.8. The van der Waals surface area contributed by atoms with Gasteiger partial charge in [-0.05, 0) is 40.5 Å². The van der Waals surface area contributed by atoms with Crippen LogP contribution in [-0.2, 0) is 0 Å². The Labute approximate surface area is 136 Å². The Morgan fingerprint density at radius 3 is 1.67 bits per heavy atom. The number of nitrogens with one attached hydrogen (secondary N) is 2. The summed E-state index contributed by atoms with van der Waals surface area (Å²) in [5, 5.41) is 5.74. The lowest BCUT2D eigenvalue weighted by atomic mass is 9.79. The number of rotatable bonds is 2. The Balaban J connectivity index is 2.31. The molecule has 0 unspecified atom stereocenters. The van der Waals surface area contributed by atoms with Crippen LogP contribution < -0.4 is 10.6 Å². The molecular weight excluding hydrogens is 331 g/mol. The van der Waals surface area contributed by atoms with E-state index in [4.69, 9.17) is 0 Å². The van der Waals surface area contributed by atoms with Gasteiger partial charge in [0.05, 0.1) is 0 Å². The molecule has 1 aromatic carbocycles. The predicted octanol–water partition coefficient (Wildman–Crippen LogP) is 3.42. The summed E-state index contributed by atoms with van der Waals surface area (Å²) >= 11 is 0. The van der Waals surface area contributed by atoms with Gasteiger partial charge >= 0.3 is 0 Å². The summed E-state index contributed by atoms with van der Waals surface area (Å²) in [7, 11) is 0. The van der Waals surface area contributed by atoms with E-state index in [0.29, 0.717) is 12.8 Å². The summed E-state index contributed by atoms with van der Waals surface area (Å²) in [6, 6.07) is -0.473. The van der Waals surface area contributed by atoms with Gasteiger partial charge in [-0.25, -0.2) is 22.0 Å². The van der Waals surface area contributed by atoms with E-state index in [-0.39, 0.29) is 11.1 Å². The first kappa shape index (κ1) is 18.6. The first-order valence-electron chi connectivity index (χ1n) is 7.46. The van der Waals surface area contributed by atoms with Crippen LogP contribution in [0.3, 0.4) is 0 Å². The van der Waals surface area contributed by atoms with E-state index in [1.807, 2.05) is 27.7 Å². The number of halogens is 5. The molecule has 0 saturated carbocycles. The summed E-state index contributed by atoms with van der Waals surface area (Å²) in [6.45, 7) is 7.58. The highest BCUT2D eigenvalue weighted by Crippen LogP contribution is 2.29. The number of carbonyl (C=O) groups excluding carboxylic acids is 1. The van der Waals surface area contributed by atoms with Gasteiger partial charge in [0, 0.05) is 17.1 Å². The van der Waals surface area contributed by atoms with Crippen molar-refractivity contribution in [1.82, 2.24) is 10.6 Å². The van der Waals surface area contributed by atoms with Gasteiger partial charge in [-0.3, -0.25) is 4.79 Å². The summed E-state index contributed by atoms with van der Waals surface area (Å²) in [5.41, 5.74) is -2.19. The van der Waals surface area contributed by atoms with Gasteiger partial charge in [0.2, 0.25) is 5.82 Å². The molecule has 1 heterocycles. The second-order valence-electron chi connectivity index (χ2n) is 7.42. The minimum Gasteiger partial charge on any atom is -0.349 e. The van der Waals surface area contributed by atoms with E-state index in [9.17, 15) is 26.7 Å². The molecule has 0 aliphatic carbocycles. The Bertz CT molecular complexity index is 643. The number of hydrogen-bond donors (Lipinski definition) is 2. The molecular formula is C16H19F5N2O. The van der Waals surface area contributed by atoms with E-state index >= 15 is 0 Å². The highest BCUT2D eigenvalue weighted by molar-refractivity contribution is 5.95. The molecule has 1 fully saturated rings. The van der Waals surface area contributed by atoms with Gasteiger partial charge < -0.3 is 10.6 Å². The largest absolute Gasteiger partial charge is 0.349 e. The highest BCUT2D eigenvalue weighted by Gasteiger charge is 2.39. The minimum atomic E-state index is -2.29. The van der Waals surface area contributed by atoms with Crippen molar-refractivity contribution in [1.29, 1.82) is 0 Å². The molecule has 0 atom stereocenters. The molecule has 0 aromatic heterocycles. The third kappa shape index (κ3) is 3.53. The fourth-order valence-corrected chi connectivity index (χ4v) is 3.49. The van der Waals surface area contributed by atoms with E-state index in [0.717, 1.165) is 0 Å². The van der Waals surface area contributed by atoms with Crippen molar-refractivity contribution in [2.24, 2.45) is 0 Å². The topological polar surface area (TPSA) is 41.1 Å². The maximum absolute atomic E-state index is 13.7. The summed E-state index contributed by atoms with van der Waals surface area (Å²) < 4.78 is 67.0. The van der Waals surface area contributed by atoms with E-state index in [2.05, 4.69) is 10.6 Å². The molecule has 134 valence electrons. The van der Waals surface area contributed by atoms with Crippen molar-refractivity contribution < 1.29 is 26.7 Å². The van der Waals surface area contributed by atoms with E-state index < -0.39 is 46.6 Å².